The van der Waals surface area contributed by atoms with Gasteiger partial charge in [0.05, 0.1) is 39.7 Å². The highest BCUT2D eigenvalue weighted by Gasteiger charge is 2.66. The molecule has 1 aliphatic carbocycles. The van der Waals surface area contributed by atoms with E-state index < -0.39 is 17.8 Å². The fourth-order valence-corrected chi connectivity index (χ4v) is 5.86. The Morgan fingerprint density at radius 2 is 1.87 bits per heavy atom. The van der Waals surface area contributed by atoms with E-state index in [9.17, 15) is 18.4 Å². The van der Waals surface area contributed by atoms with Crippen LogP contribution in [-0.4, -0.2) is 37.7 Å². The van der Waals surface area contributed by atoms with E-state index in [2.05, 4.69) is 57.8 Å². The molecule has 6 rings (SSSR count). The van der Waals surface area contributed by atoms with E-state index in [1.54, 1.807) is 12.3 Å². The monoisotopic (exact) mass is 644 g/mol. The number of hydrogen-bond acceptors (Lipinski definition) is 7. The van der Waals surface area contributed by atoms with E-state index in [0.717, 1.165) is 27.1 Å². The Balaban J connectivity index is 1.49. The van der Waals surface area contributed by atoms with Gasteiger partial charge in [0.25, 0.3) is 0 Å². The van der Waals surface area contributed by atoms with Crippen LogP contribution in [0.3, 0.4) is 0 Å². The molecule has 0 amide bonds. The summed E-state index contributed by atoms with van der Waals surface area (Å²) >= 11 is 6.78. The summed E-state index contributed by atoms with van der Waals surface area (Å²) in [6.07, 6.45) is 0.0207. The van der Waals surface area contributed by atoms with Gasteiger partial charge in [-0.25, -0.2) is 4.68 Å². The number of nitrogens with zero attached hydrogens (tertiary/aromatic N) is 6. The molecule has 0 radical (unpaired) electrons. The van der Waals surface area contributed by atoms with E-state index >= 15 is 0 Å². The first-order valence-electron chi connectivity index (χ1n) is 14.8. The zero-order chi connectivity index (χ0) is 32.9. The van der Waals surface area contributed by atoms with E-state index in [4.69, 9.17) is 11.6 Å². The number of nitrogens with one attached hydrogen (secondary N) is 2. The SMILES string of the molecule is Cc1c(-c2ccccn2)cccc1C(Nc1cc(Cl)c2ncc(C#N)c(NCC(C)(C)C)c2c1)c1cn(C2(C(F)(F)F)CC2)nn1. The summed E-state index contributed by atoms with van der Waals surface area (Å²) in [4.78, 5) is 8.96. The van der Waals surface area contributed by atoms with Crippen LogP contribution in [0.1, 0.15) is 62.0 Å². The molecule has 1 aliphatic rings. The van der Waals surface area contributed by atoms with Crippen molar-refractivity contribution in [3.63, 3.8) is 0 Å². The van der Waals surface area contributed by atoms with Gasteiger partial charge in [0.1, 0.15) is 11.8 Å². The van der Waals surface area contributed by atoms with Gasteiger partial charge in [0.15, 0.2) is 5.54 Å². The molecule has 1 fully saturated rings. The number of anilines is 2. The first-order valence-corrected chi connectivity index (χ1v) is 15.2. The lowest BCUT2D eigenvalue weighted by molar-refractivity contribution is -0.182. The van der Waals surface area contributed by atoms with Crippen LogP contribution in [0, 0.1) is 23.7 Å². The Morgan fingerprint density at radius 3 is 2.52 bits per heavy atom. The van der Waals surface area contributed by atoms with Gasteiger partial charge in [-0.2, -0.15) is 18.4 Å². The number of hydrogen-bond donors (Lipinski definition) is 2. The Morgan fingerprint density at radius 1 is 1.09 bits per heavy atom. The molecule has 5 aromatic rings. The molecular weight excluding hydrogens is 613 g/mol. The van der Waals surface area contributed by atoms with Gasteiger partial charge in [-0.05, 0) is 60.6 Å². The zero-order valence-corrected chi connectivity index (χ0v) is 26.5. The molecule has 0 spiro atoms. The van der Waals surface area contributed by atoms with E-state index in [1.807, 2.05) is 49.4 Å². The molecular formula is C34H32ClF3N8. The summed E-state index contributed by atoms with van der Waals surface area (Å²) in [6, 6.07) is 16.4. The first kappa shape index (κ1) is 31.3. The minimum atomic E-state index is -4.45. The summed E-state index contributed by atoms with van der Waals surface area (Å²) < 4.78 is 43.0. The number of aromatic nitrogens is 5. The van der Waals surface area contributed by atoms with Crippen molar-refractivity contribution in [3.05, 3.63) is 94.5 Å². The van der Waals surface area contributed by atoms with Crippen LogP contribution in [0.15, 0.2) is 67.1 Å². The average Bonchev–Trinajstić information content (AvgIpc) is 3.70. The quantitative estimate of drug-likeness (QED) is 0.175. The maximum Gasteiger partial charge on any atom is 0.413 e. The highest BCUT2D eigenvalue weighted by atomic mass is 35.5. The lowest BCUT2D eigenvalue weighted by Gasteiger charge is -2.24. The van der Waals surface area contributed by atoms with Gasteiger partial charge in [-0.1, -0.05) is 61.9 Å². The summed E-state index contributed by atoms with van der Waals surface area (Å²) in [5.41, 5.74) is 3.51. The minimum absolute atomic E-state index is 0.0512. The number of benzene rings is 2. The molecule has 1 saturated carbocycles. The Hall–Kier alpha value is -4.69. The fourth-order valence-electron chi connectivity index (χ4n) is 5.59. The standard InChI is InChI=1S/C34H32ClF3N8/c1-20-23(27-10-5-6-13-40-27)8-7-9-24(20)31(28-18-46(45-44-28)33(11-12-33)34(36,37)38)43-22-14-25-29(42-19-32(2,3)4)21(16-39)17-41-30(25)26(35)15-22/h5-10,13-15,17-18,31,43H,11-12,19H2,1-4H3,(H,41,42). The van der Waals surface area contributed by atoms with Crippen LogP contribution in [0.4, 0.5) is 24.5 Å². The molecule has 1 atom stereocenters. The van der Waals surface area contributed by atoms with Gasteiger partial charge >= 0.3 is 6.18 Å². The third-order valence-corrected chi connectivity index (χ3v) is 8.56. The molecule has 1 unspecified atom stereocenters. The largest absolute Gasteiger partial charge is 0.413 e. The van der Waals surface area contributed by atoms with Gasteiger partial charge < -0.3 is 10.6 Å². The Labute approximate surface area is 269 Å². The summed E-state index contributed by atoms with van der Waals surface area (Å²) in [5.74, 6) is 0. The fraction of sp³-hybridized carbons (Fsp3) is 0.324. The average molecular weight is 645 g/mol. The van der Waals surface area contributed by atoms with Crippen LogP contribution in [0.25, 0.3) is 22.2 Å². The molecule has 0 aliphatic heterocycles. The smallest absolute Gasteiger partial charge is 0.383 e. The van der Waals surface area contributed by atoms with Gasteiger partial charge in [0.2, 0.25) is 0 Å². The molecule has 3 heterocycles. The maximum atomic E-state index is 14.0. The number of nitriles is 1. The van der Waals surface area contributed by atoms with Crippen molar-refractivity contribution >= 4 is 33.9 Å². The van der Waals surface area contributed by atoms with E-state index in [0.29, 0.717) is 45.1 Å². The van der Waals surface area contributed by atoms with Crippen molar-refractivity contribution in [1.82, 2.24) is 25.0 Å². The summed E-state index contributed by atoms with van der Waals surface area (Å²) in [5, 5.41) is 26.0. The molecule has 8 nitrogen and oxygen atoms in total. The van der Waals surface area contributed by atoms with Gasteiger partial charge in [0, 0.05) is 35.6 Å². The van der Waals surface area contributed by atoms with Crippen molar-refractivity contribution in [1.29, 1.82) is 5.26 Å². The third-order valence-electron chi connectivity index (χ3n) is 8.28. The van der Waals surface area contributed by atoms with Crippen molar-refractivity contribution in [2.45, 2.75) is 58.3 Å². The zero-order valence-electron chi connectivity index (χ0n) is 25.7. The number of pyridine rings is 2. The predicted octanol–water partition coefficient (Wildman–Crippen LogP) is 8.43. The first-order chi connectivity index (χ1) is 21.8. The van der Waals surface area contributed by atoms with Crippen molar-refractivity contribution in [2.75, 3.05) is 17.2 Å². The molecule has 46 heavy (non-hydrogen) atoms. The molecule has 0 bridgehead atoms. The maximum absolute atomic E-state index is 14.0. The minimum Gasteiger partial charge on any atom is -0.383 e. The van der Waals surface area contributed by atoms with E-state index in [-0.39, 0.29) is 18.3 Å². The van der Waals surface area contributed by atoms with Crippen molar-refractivity contribution in [2.24, 2.45) is 5.41 Å². The van der Waals surface area contributed by atoms with Crippen LogP contribution >= 0.6 is 11.6 Å². The molecule has 0 saturated heterocycles. The Kier molecular flexibility index (Phi) is 7.89. The van der Waals surface area contributed by atoms with Crippen molar-refractivity contribution in [3.8, 4) is 17.3 Å². The van der Waals surface area contributed by atoms with Crippen LogP contribution in [0.5, 0.6) is 0 Å². The Bertz CT molecular complexity index is 1950. The second-order valence-electron chi connectivity index (χ2n) is 12.9. The summed E-state index contributed by atoms with van der Waals surface area (Å²) in [7, 11) is 0. The lowest BCUT2D eigenvalue weighted by Crippen LogP contribution is -2.35. The van der Waals surface area contributed by atoms with E-state index in [1.165, 1.54) is 12.4 Å². The third kappa shape index (κ3) is 5.85. The number of halogens is 4. The van der Waals surface area contributed by atoms with Crippen LogP contribution < -0.4 is 10.6 Å². The second-order valence-corrected chi connectivity index (χ2v) is 13.3. The number of alkyl halides is 3. The molecule has 12 heteroatoms. The molecule has 2 aromatic carbocycles. The highest BCUT2D eigenvalue weighted by Crippen LogP contribution is 2.55. The second kappa shape index (κ2) is 11.6. The summed E-state index contributed by atoms with van der Waals surface area (Å²) in [6.45, 7) is 8.78. The van der Waals surface area contributed by atoms with Crippen molar-refractivity contribution < 1.29 is 13.2 Å². The molecule has 2 N–H and O–H groups in total. The normalized spacial score (nSPS) is 14.9. The number of rotatable bonds is 8. The highest BCUT2D eigenvalue weighted by molar-refractivity contribution is 6.35. The molecule has 236 valence electrons. The van der Waals surface area contributed by atoms with Gasteiger partial charge in [-0.15, -0.1) is 5.10 Å². The number of fused-ring (bicyclic) bond motifs is 1. The predicted molar refractivity (Wildman–Crippen MR) is 173 cm³/mol. The lowest BCUT2D eigenvalue weighted by atomic mass is 9.93. The van der Waals surface area contributed by atoms with Gasteiger partial charge in [-0.3, -0.25) is 9.97 Å². The van der Waals surface area contributed by atoms with Crippen LogP contribution in [0.2, 0.25) is 5.02 Å². The van der Waals surface area contributed by atoms with Crippen LogP contribution in [-0.2, 0) is 5.54 Å². The topological polar surface area (TPSA) is 104 Å². The molecule has 3 aromatic heterocycles.